The minimum atomic E-state index is -0.0385. The van der Waals surface area contributed by atoms with Crippen molar-refractivity contribution < 1.29 is 9.21 Å². The normalized spacial score (nSPS) is 13.4. The molecule has 33 heavy (non-hydrogen) atoms. The maximum absolute atomic E-state index is 13.0. The molecule has 1 aliphatic rings. The van der Waals surface area contributed by atoms with Crippen LogP contribution in [0, 0.1) is 0 Å². The van der Waals surface area contributed by atoms with Crippen molar-refractivity contribution in [3.8, 4) is 11.5 Å². The Kier molecular flexibility index (Phi) is 8.16. The summed E-state index contributed by atoms with van der Waals surface area (Å²) in [5.41, 5.74) is 3.57. The van der Waals surface area contributed by atoms with Gasteiger partial charge in [-0.2, -0.15) is 0 Å². The highest BCUT2D eigenvalue weighted by Crippen LogP contribution is 2.32. The van der Waals surface area contributed by atoms with Crippen LogP contribution in [0.1, 0.15) is 23.7 Å². The third-order valence-corrected chi connectivity index (χ3v) is 5.60. The molecular weight excluding hydrogens is 440 g/mol. The number of benzene rings is 1. The van der Waals surface area contributed by atoms with Crippen molar-refractivity contribution in [2.24, 2.45) is 0 Å². The number of pyridine rings is 1. The van der Waals surface area contributed by atoms with Crippen LogP contribution in [0.5, 0.6) is 0 Å². The van der Waals surface area contributed by atoms with E-state index in [1.807, 2.05) is 24.3 Å². The molecule has 0 spiro atoms. The fraction of sp³-hybridized carbons (Fsp3) is 0.375. The second kappa shape index (κ2) is 11.0. The van der Waals surface area contributed by atoms with Crippen LogP contribution < -0.4 is 15.1 Å². The lowest BCUT2D eigenvalue weighted by Crippen LogP contribution is -2.47. The standard InChI is InChI=1S/C24H30N6O2.ClH/c1-4-10-25-19-9-11-26-22(21(19)24(31)28(2)3)30-15-13-29(14-16-30)20-8-6-5-7-18(20)23-27-12-17-32-23;/h5-9,11-12,17H,4,10,13-16H2,1-3H3,(H,25,26);1H. The number of rotatable bonds is 7. The smallest absolute Gasteiger partial charge is 0.259 e. The Morgan fingerprint density at radius 3 is 2.45 bits per heavy atom. The van der Waals surface area contributed by atoms with E-state index in [1.165, 1.54) is 0 Å². The van der Waals surface area contributed by atoms with E-state index in [9.17, 15) is 4.79 Å². The minimum absolute atomic E-state index is 0. The van der Waals surface area contributed by atoms with E-state index < -0.39 is 0 Å². The molecule has 1 amide bonds. The maximum atomic E-state index is 13.0. The van der Waals surface area contributed by atoms with Crippen molar-refractivity contribution in [1.82, 2.24) is 14.9 Å². The van der Waals surface area contributed by atoms with E-state index in [2.05, 4.69) is 38.1 Å². The number of nitrogens with one attached hydrogen (secondary N) is 1. The third-order valence-electron chi connectivity index (χ3n) is 5.60. The number of aromatic nitrogens is 2. The molecule has 0 radical (unpaired) electrons. The minimum Gasteiger partial charge on any atom is -0.444 e. The summed E-state index contributed by atoms with van der Waals surface area (Å²) < 4.78 is 5.54. The number of halogens is 1. The summed E-state index contributed by atoms with van der Waals surface area (Å²) in [4.78, 5) is 28.1. The number of para-hydroxylation sites is 1. The molecule has 176 valence electrons. The molecule has 1 fully saturated rings. The van der Waals surface area contributed by atoms with Gasteiger partial charge in [-0.05, 0) is 24.6 Å². The molecule has 4 rings (SSSR count). The predicted octanol–water partition coefficient (Wildman–Crippen LogP) is 4.01. The second-order valence-electron chi connectivity index (χ2n) is 8.01. The highest BCUT2D eigenvalue weighted by atomic mass is 35.5. The third kappa shape index (κ3) is 5.22. The molecule has 1 aliphatic heterocycles. The summed E-state index contributed by atoms with van der Waals surface area (Å²) in [6, 6.07) is 10.1. The van der Waals surface area contributed by atoms with Gasteiger partial charge in [0.2, 0.25) is 5.89 Å². The second-order valence-corrected chi connectivity index (χ2v) is 8.01. The Balaban J connectivity index is 0.00000306. The Morgan fingerprint density at radius 2 is 1.79 bits per heavy atom. The molecule has 0 unspecified atom stereocenters. The summed E-state index contributed by atoms with van der Waals surface area (Å²) in [7, 11) is 3.56. The number of carbonyl (C=O) groups is 1. The zero-order valence-corrected chi connectivity index (χ0v) is 20.1. The molecule has 9 heteroatoms. The lowest BCUT2D eigenvalue weighted by Gasteiger charge is -2.38. The molecule has 0 bridgehead atoms. The molecule has 1 aromatic carbocycles. The molecule has 1 N–H and O–H groups in total. The number of piperazine rings is 1. The molecule has 8 nitrogen and oxygen atoms in total. The van der Waals surface area contributed by atoms with Crippen molar-refractivity contribution in [2.75, 3.05) is 61.9 Å². The summed E-state index contributed by atoms with van der Waals surface area (Å²) in [6.45, 7) is 6.05. The molecule has 1 saturated heterocycles. The molecule has 0 saturated carbocycles. The molecule has 0 atom stereocenters. The first-order chi connectivity index (χ1) is 15.6. The summed E-state index contributed by atoms with van der Waals surface area (Å²) in [5, 5.41) is 3.39. The molecule has 0 aliphatic carbocycles. The van der Waals surface area contributed by atoms with Crippen LogP contribution in [0.25, 0.3) is 11.5 Å². The quantitative estimate of drug-likeness (QED) is 0.559. The van der Waals surface area contributed by atoms with Gasteiger partial charge in [0.15, 0.2) is 0 Å². The molecule has 2 aromatic heterocycles. The van der Waals surface area contributed by atoms with Gasteiger partial charge in [-0.15, -0.1) is 12.4 Å². The van der Waals surface area contributed by atoms with E-state index >= 15 is 0 Å². The van der Waals surface area contributed by atoms with Crippen molar-refractivity contribution in [3.63, 3.8) is 0 Å². The number of oxazole rings is 1. The molecular formula is C24H31ClN6O2. The predicted molar refractivity (Wildman–Crippen MR) is 135 cm³/mol. The van der Waals surface area contributed by atoms with Gasteiger partial charge in [-0.25, -0.2) is 9.97 Å². The first kappa shape index (κ1) is 24.4. The van der Waals surface area contributed by atoms with Gasteiger partial charge < -0.3 is 24.4 Å². The average Bonchev–Trinajstić information content (AvgIpc) is 3.37. The van der Waals surface area contributed by atoms with Gasteiger partial charge in [0.05, 0.1) is 17.4 Å². The molecule has 3 aromatic rings. The van der Waals surface area contributed by atoms with Crippen LogP contribution in [0.4, 0.5) is 17.2 Å². The van der Waals surface area contributed by atoms with Gasteiger partial charge in [-0.1, -0.05) is 19.1 Å². The zero-order chi connectivity index (χ0) is 22.5. The monoisotopic (exact) mass is 470 g/mol. The number of amides is 1. The first-order valence-corrected chi connectivity index (χ1v) is 11.0. The molecule has 3 heterocycles. The van der Waals surface area contributed by atoms with E-state index in [1.54, 1.807) is 37.7 Å². The van der Waals surface area contributed by atoms with Crippen molar-refractivity contribution in [2.45, 2.75) is 13.3 Å². The van der Waals surface area contributed by atoms with E-state index in [0.717, 1.165) is 61.9 Å². The Labute approximate surface area is 201 Å². The zero-order valence-electron chi connectivity index (χ0n) is 19.3. The summed E-state index contributed by atoms with van der Waals surface area (Å²) in [6.07, 6.45) is 6.02. The van der Waals surface area contributed by atoms with E-state index in [0.29, 0.717) is 11.5 Å². The number of hydrogen-bond donors (Lipinski definition) is 1. The van der Waals surface area contributed by atoms with Crippen LogP contribution in [0.3, 0.4) is 0 Å². The number of anilines is 3. The number of carbonyl (C=O) groups excluding carboxylic acids is 1. The average molecular weight is 471 g/mol. The largest absolute Gasteiger partial charge is 0.444 e. The number of nitrogens with zero attached hydrogens (tertiary/aromatic N) is 5. The van der Waals surface area contributed by atoms with Gasteiger partial charge >= 0.3 is 0 Å². The van der Waals surface area contributed by atoms with Gasteiger partial charge in [0.1, 0.15) is 17.6 Å². The summed E-state index contributed by atoms with van der Waals surface area (Å²) >= 11 is 0. The van der Waals surface area contributed by atoms with Gasteiger partial charge in [0, 0.05) is 58.7 Å². The van der Waals surface area contributed by atoms with E-state index in [-0.39, 0.29) is 18.3 Å². The van der Waals surface area contributed by atoms with E-state index in [4.69, 9.17) is 4.42 Å². The highest BCUT2D eigenvalue weighted by Gasteiger charge is 2.27. The topological polar surface area (TPSA) is 77.7 Å². The van der Waals surface area contributed by atoms with Crippen LogP contribution in [-0.2, 0) is 0 Å². The highest BCUT2D eigenvalue weighted by molar-refractivity contribution is 6.04. The lowest BCUT2D eigenvalue weighted by atomic mass is 10.1. The first-order valence-electron chi connectivity index (χ1n) is 11.0. The fourth-order valence-corrected chi connectivity index (χ4v) is 3.98. The maximum Gasteiger partial charge on any atom is 0.259 e. The van der Waals surface area contributed by atoms with Gasteiger partial charge in [-0.3, -0.25) is 4.79 Å². The fourth-order valence-electron chi connectivity index (χ4n) is 3.98. The Morgan fingerprint density at radius 1 is 1.06 bits per heavy atom. The SMILES string of the molecule is CCCNc1ccnc(N2CCN(c3ccccc3-c3ncco3)CC2)c1C(=O)N(C)C.Cl. The van der Waals surface area contributed by atoms with Crippen molar-refractivity contribution in [3.05, 3.63) is 54.6 Å². The number of hydrogen-bond acceptors (Lipinski definition) is 7. The van der Waals surface area contributed by atoms with Crippen LogP contribution in [0.2, 0.25) is 0 Å². The van der Waals surface area contributed by atoms with Gasteiger partial charge in [0.25, 0.3) is 5.91 Å². The van der Waals surface area contributed by atoms with Crippen molar-refractivity contribution in [1.29, 1.82) is 0 Å². The lowest BCUT2D eigenvalue weighted by molar-refractivity contribution is 0.0828. The Hall–Kier alpha value is -3.26. The Bertz CT molecular complexity index is 1050. The van der Waals surface area contributed by atoms with Crippen LogP contribution >= 0.6 is 12.4 Å². The van der Waals surface area contributed by atoms with Crippen LogP contribution in [0.15, 0.2) is 53.4 Å². The van der Waals surface area contributed by atoms with Crippen molar-refractivity contribution >= 4 is 35.5 Å². The summed E-state index contributed by atoms with van der Waals surface area (Å²) in [5.74, 6) is 1.33. The van der Waals surface area contributed by atoms with Crippen LogP contribution in [-0.4, -0.2) is 67.6 Å².